The molecule has 8 nitrogen and oxygen atoms in total. The second kappa shape index (κ2) is 8.26. The third kappa shape index (κ3) is 4.50. The summed E-state index contributed by atoms with van der Waals surface area (Å²) < 4.78 is 20.0. The third-order valence-electron chi connectivity index (χ3n) is 4.41. The highest BCUT2D eigenvalue weighted by Gasteiger charge is 2.32. The summed E-state index contributed by atoms with van der Waals surface area (Å²) in [6.07, 6.45) is 0.341. The van der Waals surface area contributed by atoms with Crippen LogP contribution in [0.25, 0.3) is 11.1 Å². The number of pyridine rings is 1. The van der Waals surface area contributed by atoms with Gasteiger partial charge in [0.15, 0.2) is 0 Å². The fourth-order valence-electron chi connectivity index (χ4n) is 2.95. The van der Waals surface area contributed by atoms with E-state index in [1.807, 2.05) is 0 Å². The molecule has 2 aromatic rings. The Bertz CT molecular complexity index is 963. The number of rotatable bonds is 5. The van der Waals surface area contributed by atoms with Crippen molar-refractivity contribution >= 4 is 23.6 Å². The van der Waals surface area contributed by atoms with Gasteiger partial charge in [0.05, 0.1) is 18.8 Å². The minimum absolute atomic E-state index is 0.192. The smallest absolute Gasteiger partial charge is 0.414 e. The van der Waals surface area contributed by atoms with Crippen LogP contribution in [0.4, 0.5) is 14.9 Å². The Labute approximate surface area is 167 Å². The molecule has 0 unspecified atom stereocenters. The fraction of sp³-hybridized carbons (Fsp3) is 0.300. The van der Waals surface area contributed by atoms with E-state index in [0.717, 1.165) is 0 Å². The van der Waals surface area contributed by atoms with Gasteiger partial charge >= 0.3 is 6.09 Å². The molecule has 1 aromatic heterocycles. The van der Waals surface area contributed by atoms with Crippen LogP contribution in [0.5, 0.6) is 0 Å². The van der Waals surface area contributed by atoms with E-state index in [-0.39, 0.29) is 36.2 Å². The average Bonchev–Trinajstić information content (AvgIpc) is 3.06. The summed E-state index contributed by atoms with van der Waals surface area (Å²) in [6, 6.07) is 7.52. The molecule has 9 heteroatoms. The van der Waals surface area contributed by atoms with Crippen LogP contribution < -0.4 is 10.2 Å². The van der Waals surface area contributed by atoms with Crippen LogP contribution in [0.2, 0.25) is 0 Å². The highest BCUT2D eigenvalue weighted by Crippen LogP contribution is 2.29. The standard InChI is InChI=1S/C20H21FN4O4/c1-12(26)23-10-15-11-25(20(28)29-15)14-4-5-16(17(21)9-14)13-6-7-22-18(8-13)19(27)24(2)3/h4-9,15H,10-11H2,1-3H3,(H,23,26)/t15-/m0/s1. The minimum Gasteiger partial charge on any atom is -0.442 e. The first-order valence-electron chi connectivity index (χ1n) is 8.96. The molecule has 3 rings (SSSR count). The second-order valence-electron chi connectivity index (χ2n) is 6.85. The quantitative estimate of drug-likeness (QED) is 0.829. The van der Waals surface area contributed by atoms with E-state index in [1.54, 1.807) is 32.3 Å². The number of nitrogens with zero attached hydrogens (tertiary/aromatic N) is 3. The Balaban J connectivity index is 1.81. The number of amides is 3. The van der Waals surface area contributed by atoms with Gasteiger partial charge in [0.1, 0.15) is 17.6 Å². The largest absolute Gasteiger partial charge is 0.442 e. The second-order valence-corrected chi connectivity index (χ2v) is 6.85. The summed E-state index contributed by atoms with van der Waals surface area (Å²) in [5, 5.41) is 2.59. The molecule has 1 atom stereocenters. The molecule has 2 heterocycles. The minimum atomic E-state index is -0.602. The van der Waals surface area contributed by atoms with Crippen LogP contribution in [0, 0.1) is 5.82 Å². The van der Waals surface area contributed by atoms with Crippen LogP contribution in [-0.4, -0.2) is 61.1 Å². The number of benzene rings is 1. The highest BCUT2D eigenvalue weighted by molar-refractivity contribution is 5.93. The number of hydrogen-bond acceptors (Lipinski definition) is 5. The van der Waals surface area contributed by atoms with Gasteiger partial charge in [-0.2, -0.15) is 0 Å². The number of anilines is 1. The van der Waals surface area contributed by atoms with E-state index in [0.29, 0.717) is 11.3 Å². The fourth-order valence-corrected chi connectivity index (χ4v) is 2.95. The summed E-state index contributed by atoms with van der Waals surface area (Å²) in [6.45, 7) is 1.77. The molecule has 1 N–H and O–H groups in total. The Morgan fingerprint density at radius 3 is 2.72 bits per heavy atom. The van der Waals surface area contributed by atoms with Crippen molar-refractivity contribution in [3.63, 3.8) is 0 Å². The highest BCUT2D eigenvalue weighted by atomic mass is 19.1. The van der Waals surface area contributed by atoms with Crippen molar-refractivity contribution in [2.45, 2.75) is 13.0 Å². The first-order chi connectivity index (χ1) is 13.8. The normalized spacial score (nSPS) is 15.8. The van der Waals surface area contributed by atoms with Gasteiger partial charge in [-0.1, -0.05) is 0 Å². The SMILES string of the molecule is CC(=O)NC[C@H]1CN(c2ccc(-c3ccnc(C(=O)N(C)C)c3)c(F)c2)C(=O)O1. The van der Waals surface area contributed by atoms with Crippen LogP contribution in [0.15, 0.2) is 36.5 Å². The Kier molecular flexibility index (Phi) is 5.76. The number of cyclic esters (lactones) is 1. The molecule has 1 aromatic carbocycles. The molecule has 1 aliphatic rings. The van der Waals surface area contributed by atoms with Crippen molar-refractivity contribution in [3.05, 3.63) is 48.0 Å². The Morgan fingerprint density at radius 1 is 1.31 bits per heavy atom. The van der Waals surface area contributed by atoms with Gasteiger partial charge in [0, 0.05) is 32.8 Å². The molecule has 1 saturated heterocycles. The third-order valence-corrected chi connectivity index (χ3v) is 4.41. The van der Waals surface area contributed by atoms with Crippen molar-refractivity contribution < 1.29 is 23.5 Å². The number of aromatic nitrogens is 1. The summed E-state index contributed by atoms with van der Waals surface area (Å²) in [7, 11) is 3.22. The number of nitrogens with one attached hydrogen (secondary N) is 1. The number of ether oxygens (including phenoxy) is 1. The van der Waals surface area contributed by atoms with Crippen molar-refractivity contribution in [2.75, 3.05) is 32.1 Å². The van der Waals surface area contributed by atoms with E-state index in [4.69, 9.17) is 4.74 Å². The number of carbonyl (C=O) groups is 3. The number of carbonyl (C=O) groups excluding carboxylic acids is 3. The lowest BCUT2D eigenvalue weighted by Gasteiger charge is -2.15. The molecule has 0 aliphatic carbocycles. The van der Waals surface area contributed by atoms with Crippen molar-refractivity contribution in [1.29, 1.82) is 0 Å². The molecular formula is C20H21FN4O4. The zero-order valence-corrected chi connectivity index (χ0v) is 16.3. The molecule has 29 heavy (non-hydrogen) atoms. The maximum absolute atomic E-state index is 14.8. The predicted octanol–water partition coefficient (Wildman–Crippen LogP) is 2.05. The average molecular weight is 400 g/mol. The molecule has 152 valence electrons. The maximum Gasteiger partial charge on any atom is 0.414 e. The summed E-state index contributed by atoms with van der Waals surface area (Å²) in [4.78, 5) is 41.9. The predicted molar refractivity (Wildman–Crippen MR) is 104 cm³/mol. The topological polar surface area (TPSA) is 91.8 Å². The molecule has 0 saturated carbocycles. The van der Waals surface area contributed by atoms with E-state index in [9.17, 15) is 18.8 Å². The summed E-state index contributed by atoms with van der Waals surface area (Å²) in [5.74, 6) is -1.05. The van der Waals surface area contributed by atoms with Gasteiger partial charge < -0.3 is 15.0 Å². The molecule has 0 bridgehead atoms. The monoisotopic (exact) mass is 400 g/mol. The molecule has 0 radical (unpaired) electrons. The van der Waals surface area contributed by atoms with Gasteiger partial charge in [-0.3, -0.25) is 19.5 Å². The van der Waals surface area contributed by atoms with Gasteiger partial charge in [-0.15, -0.1) is 0 Å². The first kappa shape index (κ1) is 20.2. The molecule has 1 fully saturated rings. The number of hydrogen-bond donors (Lipinski definition) is 1. The summed E-state index contributed by atoms with van der Waals surface area (Å²) in [5.41, 5.74) is 1.34. The van der Waals surface area contributed by atoms with Crippen LogP contribution in [0.3, 0.4) is 0 Å². The molecule has 0 spiro atoms. The van der Waals surface area contributed by atoms with Crippen molar-refractivity contribution in [1.82, 2.24) is 15.2 Å². The van der Waals surface area contributed by atoms with E-state index < -0.39 is 18.0 Å². The lowest BCUT2D eigenvalue weighted by atomic mass is 10.0. The van der Waals surface area contributed by atoms with Crippen molar-refractivity contribution in [3.8, 4) is 11.1 Å². The molecular weight excluding hydrogens is 379 g/mol. The zero-order valence-electron chi connectivity index (χ0n) is 16.3. The zero-order chi connectivity index (χ0) is 21.1. The van der Waals surface area contributed by atoms with Gasteiger partial charge in [0.25, 0.3) is 5.91 Å². The number of halogens is 1. The summed E-state index contributed by atoms with van der Waals surface area (Å²) >= 11 is 0. The van der Waals surface area contributed by atoms with E-state index in [2.05, 4.69) is 10.3 Å². The Morgan fingerprint density at radius 2 is 2.07 bits per heavy atom. The maximum atomic E-state index is 14.8. The van der Waals surface area contributed by atoms with Crippen LogP contribution >= 0.6 is 0 Å². The lowest BCUT2D eigenvalue weighted by molar-refractivity contribution is -0.119. The van der Waals surface area contributed by atoms with Crippen molar-refractivity contribution in [2.24, 2.45) is 0 Å². The lowest BCUT2D eigenvalue weighted by Crippen LogP contribution is -2.33. The van der Waals surface area contributed by atoms with E-state index in [1.165, 1.54) is 35.1 Å². The Hall–Kier alpha value is -3.49. The van der Waals surface area contributed by atoms with Gasteiger partial charge in [0.2, 0.25) is 5.91 Å². The van der Waals surface area contributed by atoms with Crippen LogP contribution in [0.1, 0.15) is 17.4 Å². The van der Waals surface area contributed by atoms with Crippen LogP contribution in [-0.2, 0) is 9.53 Å². The molecule has 1 aliphatic heterocycles. The van der Waals surface area contributed by atoms with Gasteiger partial charge in [-0.05, 0) is 35.9 Å². The van der Waals surface area contributed by atoms with E-state index >= 15 is 0 Å². The molecule has 3 amide bonds. The van der Waals surface area contributed by atoms with Gasteiger partial charge in [-0.25, -0.2) is 9.18 Å². The first-order valence-corrected chi connectivity index (χ1v) is 8.96.